The van der Waals surface area contributed by atoms with Crippen LogP contribution < -0.4 is 14.8 Å². The SMILES string of the molecule is CCOCCCNCc1cccc(-c2cc(O)cc3ccc(C4(C(=O)OC5CC(OC(C)=O)C6Cc7cc(OC)c(O)cc7C7CC(O)C8Cc9cc(O)c(OC)cc9C(C5)C8C76C=Cc5ccccc5)CCCCC4)cc23)c1. The maximum atomic E-state index is 16.0. The number of aromatic hydroxyl groups is 3. The minimum absolute atomic E-state index is 0.0122. The number of ether oxygens (including phenoxy) is 5. The third-order valence-corrected chi connectivity index (χ3v) is 18.7. The number of nitrogens with one attached hydrogen (secondary N) is 1. The van der Waals surface area contributed by atoms with Crippen molar-refractivity contribution in [2.45, 2.75) is 127 Å². The van der Waals surface area contributed by atoms with Gasteiger partial charge in [-0.2, -0.15) is 0 Å². The molecule has 9 atom stereocenters. The number of hydrogen-bond donors (Lipinski definition) is 5. The molecule has 0 spiro atoms. The Morgan fingerprint density at radius 1 is 0.772 bits per heavy atom. The third kappa shape index (κ3) is 10.3. The van der Waals surface area contributed by atoms with E-state index in [0.29, 0.717) is 69.8 Å². The molecule has 9 unspecified atom stereocenters. The van der Waals surface area contributed by atoms with Crippen molar-refractivity contribution in [2.24, 2.45) is 23.2 Å². The molecule has 11 rings (SSSR count). The lowest BCUT2D eigenvalue weighted by Crippen LogP contribution is -2.62. The number of phenolic OH excluding ortho intramolecular Hbond substituents is 3. The first-order valence-electron chi connectivity index (χ1n) is 28.6. The zero-order valence-corrected chi connectivity index (χ0v) is 45.9. The summed E-state index contributed by atoms with van der Waals surface area (Å²) in [6.45, 7) is 6.36. The van der Waals surface area contributed by atoms with E-state index >= 15 is 4.79 Å². The molecule has 0 heterocycles. The third-order valence-electron chi connectivity index (χ3n) is 18.7. The highest BCUT2D eigenvalue weighted by Crippen LogP contribution is 2.70. The molecule has 0 radical (unpaired) electrons. The van der Waals surface area contributed by atoms with Crippen LogP contribution in [-0.4, -0.2) is 84.7 Å². The minimum Gasteiger partial charge on any atom is -0.508 e. The van der Waals surface area contributed by atoms with Crippen LogP contribution in [0.1, 0.15) is 122 Å². The van der Waals surface area contributed by atoms with Crippen LogP contribution in [0, 0.1) is 23.2 Å². The standard InChI is InChI=1S/C67H75NO11/c1-5-77-25-13-24-68-39-42-16-12-17-43(26-42)51-33-48(70)27-44-18-19-47(32-50(44)51)66(21-10-7-11-22-66)65(74)79-49-34-54-52-37-63(76-4)59(72)30-45(52)28-55-58(71)38-56-53-36-60(73)62(75-3)31-46(53)29-57(61(35-49)78-40(2)69)67(56,64(54)55)23-20-41-14-8-6-9-15-41/h6,8-9,12,14-20,23,26-27,30-33,36-37,49,54-58,61,64,68,70-73H,5,7,10-11,13,21-22,24-25,28-29,34-35,38-39H2,1-4H3. The molecule has 79 heavy (non-hydrogen) atoms. The Morgan fingerprint density at radius 2 is 1.54 bits per heavy atom. The number of aliphatic hydroxyl groups is 1. The Hall–Kier alpha value is -6.86. The lowest BCUT2D eigenvalue weighted by atomic mass is 9.40. The second-order valence-corrected chi connectivity index (χ2v) is 23.0. The van der Waals surface area contributed by atoms with Gasteiger partial charge in [0.25, 0.3) is 0 Å². The molecule has 3 fully saturated rings. The van der Waals surface area contributed by atoms with Crippen molar-refractivity contribution in [3.8, 4) is 39.9 Å². The Morgan fingerprint density at radius 3 is 2.32 bits per heavy atom. The van der Waals surface area contributed by atoms with Gasteiger partial charge in [0.1, 0.15) is 18.0 Å². The number of benzene rings is 6. The molecular weight excluding hydrogens is 995 g/mol. The second kappa shape index (κ2) is 22.7. The molecule has 6 aromatic rings. The van der Waals surface area contributed by atoms with Gasteiger partial charge in [0.2, 0.25) is 0 Å². The number of carbonyl (C=O) groups is 2. The van der Waals surface area contributed by atoms with E-state index in [2.05, 4.69) is 53.9 Å². The van der Waals surface area contributed by atoms with Crippen LogP contribution in [0.4, 0.5) is 0 Å². The highest BCUT2D eigenvalue weighted by molar-refractivity contribution is 5.99. The topological polar surface area (TPSA) is 173 Å². The molecule has 414 valence electrons. The number of carbonyl (C=O) groups excluding carboxylic acids is 2. The maximum Gasteiger partial charge on any atom is 0.316 e. The number of fused-ring (bicyclic) bond motifs is 5. The molecular formula is C67H75NO11. The molecule has 5 aliphatic rings. The van der Waals surface area contributed by atoms with Gasteiger partial charge in [-0.3, -0.25) is 9.59 Å². The summed E-state index contributed by atoms with van der Waals surface area (Å²) < 4.78 is 30.9. The van der Waals surface area contributed by atoms with Crippen molar-refractivity contribution < 1.29 is 53.7 Å². The molecule has 0 aliphatic heterocycles. The van der Waals surface area contributed by atoms with Crippen LogP contribution >= 0.6 is 0 Å². The highest BCUT2D eigenvalue weighted by Gasteiger charge is 2.65. The summed E-state index contributed by atoms with van der Waals surface area (Å²) in [5.41, 5.74) is 6.73. The van der Waals surface area contributed by atoms with Crippen molar-refractivity contribution in [3.63, 3.8) is 0 Å². The van der Waals surface area contributed by atoms with E-state index in [1.807, 2.05) is 67.6 Å². The van der Waals surface area contributed by atoms with Gasteiger partial charge in [-0.05, 0) is 191 Å². The van der Waals surface area contributed by atoms with Gasteiger partial charge < -0.3 is 49.4 Å². The molecule has 12 heteroatoms. The van der Waals surface area contributed by atoms with Gasteiger partial charge in [-0.1, -0.05) is 92.1 Å². The first-order chi connectivity index (χ1) is 38.3. The molecule has 5 N–H and O–H groups in total. The smallest absolute Gasteiger partial charge is 0.316 e. The summed E-state index contributed by atoms with van der Waals surface area (Å²) in [5.74, 6) is -1.61. The lowest BCUT2D eigenvalue weighted by molar-refractivity contribution is -0.178. The molecule has 3 saturated carbocycles. The van der Waals surface area contributed by atoms with Gasteiger partial charge in [0.15, 0.2) is 23.0 Å². The Bertz CT molecular complexity index is 3240. The fourth-order valence-corrected chi connectivity index (χ4v) is 15.3. The quantitative estimate of drug-likeness (QED) is 0.0459. The highest BCUT2D eigenvalue weighted by atomic mass is 16.6. The first-order valence-corrected chi connectivity index (χ1v) is 28.6. The molecule has 0 bridgehead atoms. The molecule has 12 nitrogen and oxygen atoms in total. The van der Waals surface area contributed by atoms with Crippen LogP contribution in [0.5, 0.6) is 28.7 Å². The number of hydrogen-bond acceptors (Lipinski definition) is 12. The average molecular weight is 1070 g/mol. The zero-order chi connectivity index (χ0) is 55.0. The van der Waals surface area contributed by atoms with Gasteiger partial charge in [0, 0.05) is 44.4 Å². The number of esters is 2. The predicted molar refractivity (Wildman–Crippen MR) is 305 cm³/mol. The largest absolute Gasteiger partial charge is 0.508 e. The fourth-order valence-electron chi connectivity index (χ4n) is 15.3. The molecule has 5 aliphatic carbocycles. The Kier molecular flexibility index (Phi) is 15.6. The zero-order valence-electron chi connectivity index (χ0n) is 45.9. The maximum absolute atomic E-state index is 16.0. The van der Waals surface area contributed by atoms with Crippen molar-refractivity contribution in [3.05, 3.63) is 154 Å². The van der Waals surface area contributed by atoms with Crippen LogP contribution in [0.15, 0.2) is 115 Å². The van der Waals surface area contributed by atoms with E-state index < -0.39 is 35.1 Å². The molecule has 0 amide bonds. The van der Waals surface area contributed by atoms with Crippen LogP contribution in [0.25, 0.3) is 28.0 Å². The van der Waals surface area contributed by atoms with E-state index in [9.17, 15) is 25.2 Å². The number of rotatable bonds is 16. The number of aliphatic hydroxyl groups excluding tert-OH is 1. The summed E-state index contributed by atoms with van der Waals surface area (Å²) in [6.07, 6.45) is 8.78. The molecule has 6 aromatic carbocycles. The molecule has 0 saturated heterocycles. The number of allylic oxidation sites excluding steroid dienone is 1. The number of methoxy groups -OCH3 is 2. The van der Waals surface area contributed by atoms with E-state index in [4.69, 9.17) is 23.7 Å². The summed E-state index contributed by atoms with van der Waals surface area (Å²) >= 11 is 0. The average Bonchev–Trinajstić information content (AvgIpc) is 2.57. The van der Waals surface area contributed by atoms with E-state index in [1.165, 1.54) is 14.0 Å². The molecule has 0 aromatic heterocycles. The summed E-state index contributed by atoms with van der Waals surface area (Å²) in [5, 5.41) is 52.1. The van der Waals surface area contributed by atoms with E-state index in [-0.39, 0.29) is 59.2 Å². The van der Waals surface area contributed by atoms with Gasteiger partial charge in [-0.25, -0.2) is 0 Å². The summed E-state index contributed by atoms with van der Waals surface area (Å²) in [6, 6.07) is 35.7. The van der Waals surface area contributed by atoms with Crippen molar-refractivity contribution in [1.29, 1.82) is 0 Å². The predicted octanol–water partition coefficient (Wildman–Crippen LogP) is 12.0. The van der Waals surface area contributed by atoms with Crippen molar-refractivity contribution in [2.75, 3.05) is 34.0 Å². The Balaban J connectivity index is 1.03. The van der Waals surface area contributed by atoms with E-state index in [0.717, 1.165) is 93.1 Å². The van der Waals surface area contributed by atoms with Gasteiger partial charge >= 0.3 is 11.9 Å². The van der Waals surface area contributed by atoms with Crippen LogP contribution in [0.3, 0.4) is 0 Å². The fraction of sp³-hybridized carbons (Fsp3) is 0.433. The van der Waals surface area contributed by atoms with Crippen molar-refractivity contribution in [1.82, 2.24) is 5.32 Å². The van der Waals surface area contributed by atoms with Crippen molar-refractivity contribution >= 4 is 28.8 Å². The monoisotopic (exact) mass is 1070 g/mol. The van der Waals surface area contributed by atoms with Crippen LogP contribution in [-0.2, 0) is 48.6 Å². The van der Waals surface area contributed by atoms with Gasteiger partial charge in [0.05, 0.1) is 25.7 Å². The van der Waals surface area contributed by atoms with E-state index in [1.54, 1.807) is 19.2 Å². The second-order valence-electron chi connectivity index (χ2n) is 23.0. The lowest BCUT2D eigenvalue weighted by Gasteiger charge is -2.64. The first kappa shape index (κ1) is 54.1. The normalized spacial score (nSPS) is 25.7. The summed E-state index contributed by atoms with van der Waals surface area (Å²) in [7, 11) is 3.08. The number of phenols is 3. The minimum atomic E-state index is -1.01. The Labute approximate surface area is 463 Å². The van der Waals surface area contributed by atoms with Crippen LogP contribution in [0.2, 0.25) is 0 Å². The van der Waals surface area contributed by atoms with Gasteiger partial charge in [-0.15, -0.1) is 0 Å². The summed E-state index contributed by atoms with van der Waals surface area (Å²) in [4.78, 5) is 29.7.